The molecule has 0 aliphatic heterocycles. The Morgan fingerprint density at radius 3 is 2.89 bits per heavy atom. The summed E-state index contributed by atoms with van der Waals surface area (Å²) in [5.41, 5.74) is 4.03. The molecule has 0 aromatic heterocycles. The SMILES string of the molecule is CC(C)Cc1cccc(C2=CC(O)CCCC2)c1. The molecule has 1 unspecified atom stereocenters. The molecule has 0 amide bonds. The summed E-state index contributed by atoms with van der Waals surface area (Å²) in [6, 6.07) is 8.82. The number of rotatable bonds is 3. The van der Waals surface area contributed by atoms with Gasteiger partial charge in [0.05, 0.1) is 6.10 Å². The molecule has 0 saturated carbocycles. The fourth-order valence-electron chi connectivity index (χ4n) is 2.68. The van der Waals surface area contributed by atoms with E-state index >= 15 is 0 Å². The second-order valence-electron chi connectivity index (χ2n) is 5.80. The van der Waals surface area contributed by atoms with Gasteiger partial charge in [-0.15, -0.1) is 0 Å². The Balaban J connectivity index is 2.21. The van der Waals surface area contributed by atoms with Gasteiger partial charge in [-0.1, -0.05) is 50.6 Å². The molecule has 0 spiro atoms. The van der Waals surface area contributed by atoms with E-state index in [-0.39, 0.29) is 6.10 Å². The first-order chi connectivity index (χ1) is 8.65. The van der Waals surface area contributed by atoms with Crippen molar-refractivity contribution < 1.29 is 5.11 Å². The molecule has 0 bridgehead atoms. The van der Waals surface area contributed by atoms with Crippen molar-refractivity contribution in [2.24, 2.45) is 5.92 Å². The summed E-state index contributed by atoms with van der Waals surface area (Å²) in [6.07, 6.45) is 7.27. The molecule has 1 nitrogen and oxygen atoms in total. The smallest absolute Gasteiger partial charge is 0.0726 e. The molecular weight excluding hydrogens is 220 g/mol. The molecule has 1 aliphatic carbocycles. The van der Waals surface area contributed by atoms with Crippen molar-refractivity contribution in [1.29, 1.82) is 0 Å². The van der Waals surface area contributed by atoms with E-state index in [0.29, 0.717) is 5.92 Å². The maximum Gasteiger partial charge on any atom is 0.0726 e. The molecule has 98 valence electrons. The van der Waals surface area contributed by atoms with E-state index in [1.807, 2.05) is 0 Å². The second-order valence-corrected chi connectivity index (χ2v) is 5.80. The third-order valence-electron chi connectivity index (χ3n) is 3.53. The highest BCUT2D eigenvalue weighted by Gasteiger charge is 2.11. The van der Waals surface area contributed by atoms with Gasteiger partial charge in [0.1, 0.15) is 0 Å². The Morgan fingerprint density at radius 1 is 1.28 bits per heavy atom. The van der Waals surface area contributed by atoms with E-state index in [0.717, 1.165) is 25.7 Å². The lowest BCUT2D eigenvalue weighted by Crippen LogP contribution is -2.00. The molecule has 1 N–H and O–H groups in total. The molecule has 1 aromatic rings. The zero-order chi connectivity index (χ0) is 13.0. The summed E-state index contributed by atoms with van der Waals surface area (Å²) in [6.45, 7) is 4.50. The fourth-order valence-corrected chi connectivity index (χ4v) is 2.68. The molecule has 1 aliphatic rings. The zero-order valence-electron chi connectivity index (χ0n) is 11.5. The van der Waals surface area contributed by atoms with Crippen LogP contribution in [0.2, 0.25) is 0 Å². The van der Waals surface area contributed by atoms with Crippen LogP contribution < -0.4 is 0 Å². The number of aliphatic hydroxyl groups excluding tert-OH is 1. The highest BCUT2D eigenvalue weighted by atomic mass is 16.3. The van der Waals surface area contributed by atoms with Crippen molar-refractivity contribution in [3.05, 3.63) is 41.5 Å². The predicted octanol–water partition coefficient (Wildman–Crippen LogP) is 4.20. The monoisotopic (exact) mass is 244 g/mol. The standard InChI is InChI=1S/C17H24O/c1-13(2)10-14-6-5-8-15(11-14)16-7-3-4-9-17(18)12-16/h5-6,8,11-13,17-18H,3-4,7,9-10H2,1-2H3. The van der Waals surface area contributed by atoms with Crippen LogP contribution in [0.5, 0.6) is 0 Å². The molecule has 1 atom stereocenters. The third-order valence-corrected chi connectivity index (χ3v) is 3.53. The number of benzene rings is 1. The Hall–Kier alpha value is -1.08. The first-order valence-corrected chi connectivity index (χ1v) is 7.13. The van der Waals surface area contributed by atoms with Gasteiger partial charge < -0.3 is 5.11 Å². The van der Waals surface area contributed by atoms with Crippen molar-refractivity contribution >= 4 is 5.57 Å². The summed E-state index contributed by atoms with van der Waals surface area (Å²) in [5, 5.41) is 9.86. The normalized spacial score (nSPS) is 20.7. The van der Waals surface area contributed by atoms with Gasteiger partial charge in [0.2, 0.25) is 0 Å². The second kappa shape index (κ2) is 6.19. The fraction of sp³-hybridized carbons (Fsp3) is 0.529. The molecule has 0 saturated heterocycles. The van der Waals surface area contributed by atoms with E-state index < -0.39 is 0 Å². The van der Waals surface area contributed by atoms with Crippen LogP contribution in [0.15, 0.2) is 30.3 Å². The van der Waals surface area contributed by atoms with Gasteiger partial charge in [-0.25, -0.2) is 0 Å². The van der Waals surface area contributed by atoms with Crippen LogP contribution in [0.3, 0.4) is 0 Å². The first kappa shape index (κ1) is 13.4. The van der Waals surface area contributed by atoms with Crippen LogP contribution >= 0.6 is 0 Å². The number of hydrogen-bond donors (Lipinski definition) is 1. The van der Waals surface area contributed by atoms with Gasteiger partial charge in [-0.2, -0.15) is 0 Å². The van der Waals surface area contributed by atoms with Gasteiger partial charge in [-0.3, -0.25) is 0 Å². The van der Waals surface area contributed by atoms with E-state index in [1.165, 1.54) is 23.1 Å². The van der Waals surface area contributed by atoms with E-state index in [2.05, 4.69) is 44.2 Å². The zero-order valence-corrected chi connectivity index (χ0v) is 11.5. The highest BCUT2D eigenvalue weighted by Crippen LogP contribution is 2.27. The van der Waals surface area contributed by atoms with Crippen LogP contribution in [0.4, 0.5) is 0 Å². The molecule has 1 heteroatoms. The van der Waals surface area contributed by atoms with Gasteiger partial charge in [0.15, 0.2) is 0 Å². The maximum absolute atomic E-state index is 9.86. The minimum atomic E-state index is -0.253. The predicted molar refractivity (Wildman–Crippen MR) is 77.4 cm³/mol. The number of aliphatic hydroxyl groups is 1. The average molecular weight is 244 g/mol. The Morgan fingerprint density at radius 2 is 2.11 bits per heavy atom. The van der Waals surface area contributed by atoms with Gasteiger partial charge in [-0.05, 0) is 48.3 Å². The lowest BCUT2D eigenvalue weighted by molar-refractivity contribution is 0.211. The van der Waals surface area contributed by atoms with Gasteiger partial charge in [0.25, 0.3) is 0 Å². The minimum absolute atomic E-state index is 0.253. The Labute approximate surface area is 111 Å². The third kappa shape index (κ3) is 3.71. The summed E-state index contributed by atoms with van der Waals surface area (Å²) < 4.78 is 0. The van der Waals surface area contributed by atoms with Crippen molar-refractivity contribution in [2.75, 3.05) is 0 Å². The highest BCUT2D eigenvalue weighted by molar-refractivity contribution is 5.66. The van der Waals surface area contributed by atoms with E-state index in [4.69, 9.17) is 0 Å². The number of hydrogen-bond acceptors (Lipinski definition) is 1. The summed E-state index contributed by atoms with van der Waals surface area (Å²) >= 11 is 0. The van der Waals surface area contributed by atoms with Crippen molar-refractivity contribution in [3.63, 3.8) is 0 Å². The maximum atomic E-state index is 9.86. The summed E-state index contributed by atoms with van der Waals surface area (Å²) in [7, 11) is 0. The molecule has 0 heterocycles. The van der Waals surface area contributed by atoms with Gasteiger partial charge in [0, 0.05) is 0 Å². The molecular formula is C17H24O. The van der Waals surface area contributed by atoms with Crippen molar-refractivity contribution in [2.45, 2.75) is 52.1 Å². The van der Waals surface area contributed by atoms with Gasteiger partial charge >= 0.3 is 0 Å². The minimum Gasteiger partial charge on any atom is -0.389 e. The van der Waals surface area contributed by atoms with E-state index in [1.54, 1.807) is 0 Å². The lowest BCUT2D eigenvalue weighted by atomic mass is 9.96. The average Bonchev–Trinajstić information content (AvgIpc) is 2.53. The van der Waals surface area contributed by atoms with Crippen LogP contribution in [0.1, 0.15) is 50.7 Å². The summed E-state index contributed by atoms with van der Waals surface area (Å²) in [5.74, 6) is 0.689. The molecule has 0 fully saturated rings. The Kier molecular flexibility index (Phi) is 4.60. The van der Waals surface area contributed by atoms with Crippen molar-refractivity contribution in [3.8, 4) is 0 Å². The topological polar surface area (TPSA) is 20.2 Å². The Bertz CT molecular complexity index is 417. The van der Waals surface area contributed by atoms with Crippen molar-refractivity contribution in [1.82, 2.24) is 0 Å². The van der Waals surface area contributed by atoms with Crippen LogP contribution in [0, 0.1) is 5.92 Å². The molecule has 0 radical (unpaired) electrons. The lowest BCUT2D eigenvalue weighted by Gasteiger charge is -2.10. The number of allylic oxidation sites excluding steroid dienone is 1. The first-order valence-electron chi connectivity index (χ1n) is 7.13. The largest absolute Gasteiger partial charge is 0.389 e. The van der Waals surface area contributed by atoms with Crippen LogP contribution in [-0.2, 0) is 6.42 Å². The van der Waals surface area contributed by atoms with Crippen LogP contribution in [0.25, 0.3) is 5.57 Å². The van der Waals surface area contributed by atoms with E-state index in [9.17, 15) is 5.11 Å². The molecule has 18 heavy (non-hydrogen) atoms. The van der Waals surface area contributed by atoms with Crippen LogP contribution in [-0.4, -0.2) is 11.2 Å². The molecule has 2 rings (SSSR count). The molecule has 1 aromatic carbocycles. The quantitative estimate of drug-likeness (QED) is 0.844. The summed E-state index contributed by atoms with van der Waals surface area (Å²) in [4.78, 5) is 0.